The normalized spacial score (nSPS) is 13.3. The van der Waals surface area contributed by atoms with Crippen LogP contribution in [0, 0.1) is 0 Å². The smallest absolute Gasteiger partial charge is 0.253 e. The van der Waals surface area contributed by atoms with Crippen molar-refractivity contribution in [2.45, 2.75) is 36.9 Å². The summed E-state index contributed by atoms with van der Waals surface area (Å²) in [6.45, 7) is 7.05. The Kier molecular flexibility index (Phi) is 3.79. The van der Waals surface area contributed by atoms with Crippen LogP contribution in [0.4, 0.5) is 0 Å². The summed E-state index contributed by atoms with van der Waals surface area (Å²) in [6, 6.07) is 0. The lowest BCUT2D eigenvalue weighted by atomic mass is 10.1. The fourth-order valence-corrected chi connectivity index (χ4v) is 1.24. The van der Waals surface area contributed by atoms with Gasteiger partial charge in [0.15, 0.2) is 0 Å². The van der Waals surface area contributed by atoms with Crippen molar-refractivity contribution in [1.82, 2.24) is 0 Å². The van der Waals surface area contributed by atoms with E-state index in [-0.39, 0.29) is 3.61 Å². The van der Waals surface area contributed by atoms with Crippen LogP contribution in [-0.4, -0.2) is 14.5 Å². The zero-order valence-electron chi connectivity index (χ0n) is 7.07. The third kappa shape index (κ3) is 4.98. The van der Waals surface area contributed by atoms with Crippen molar-refractivity contribution in [1.29, 1.82) is 0 Å². The van der Waals surface area contributed by atoms with Crippen molar-refractivity contribution in [3.05, 3.63) is 0 Å². The van der Waals surface area contributed by atoms with Gasteiger partial charge in [0.1, 0.15) is 9.21 Å². The molecule has 0 fully saturated rings. The Hall–Kier alpha value is 0.650. The molecule has 0 saturated carbocycles. The molecule has 0 atom stereocenters. The Labute approximate surface area is 85.8 Å². The van der Waals surface area contributed by atoms with Gasteiger partial charge >= 0.3 is 0 Å². The van der Waals surface area contributed by atoms with Gasteiger partial charge in [0.05, 0.1) is 0 Å². The lowest BCUT2D eigenvalue weighted by Crippen LogP contribution is -2.37. The molecule has 0 aliphatic rings. The van der Waals surface area contributed by atoms with Gasteiger partial charge in [-0.3, -0.25) is 4.79 Å². The molecule has 0 heterocycles. The van der Waals surface area contributed by atoms with Gasteiger partial charge < -0.3 is 4.74 Å². The number of hydrogen-bond acceptors (Lipinski definition) is 2. The third-order valence-electron chi connectivity index (χ3n) is 0.971. The van der Waals surface area contributed by atoms with Crippen LogP contribution in [0.3, 0.4) is 0 Å². The van der Waals surface area contributed by atoms with Crippen LogP contribution >= 0.6 is 34.2 Å². The van der Waals surface area contributed by atoms with E-state index in [4.69, 9.17) is 16.3 Å². The highest BCUT2D eigenvalue weighted by molar-refractivity contribution is 14.1. The second kappa shape index (κ2) is 3.58. The maximum atomic E-state index is 10.8. The Bertz CT molecular complexity index is 160. The van der Waals surface area contributed by atoms with E-state index in [1.807, 2.05) is 13.8 Å². The first-order chi connectivity index (χ1) is 4.65. The van der Waals surface area contributed by atoms with Crippen molar-refractivity contribution in [3.63, 3.8) is 0 Å². The van der Waals surface area contributed by atoms with E-state index in [1.165, 1.54) is 0 Å². The van der Waals surface area contributed by atoms with E-state index in [0.29, 0.717) is 0 Å². The first-order valence-electron chi connectivity index (χ1n) is 3.24. The molecular formula is C7H12ClIO2. The van der Waals surface area contributed by atoms with E-state index in [1.54, 1.807) is 13.8 Å². The lowest BCUT2D eigenvalue weighted by Gasteiger charge is -2.29. The number of carbonyl (C=O) groups is 1. The predicted octanol–water partition coefficient (Wildman–Crippen LogP) is 2.72. The average Bonchev–Trinajstić information content (AvgIpc) is 1.56. The molecule has 0 rings (SSSR count). The average molecular weight is 291 g/mol. The summed E-state index contributed by atoms with van der Waals surface area (Å²) in [5.41, 5.74) is -0.897. The highest BCUT2D eigenvalue weighted by Gasteiger charge is 2.32. The van der Waals surface area contributed by atoms with Crippen molar-refractivity contribution in [2.75, 3.05) is 0 Å². The number of hydrogen-bond donors (Lipinski definition) is 0. The van der Waals surface area contributed by atoms with Crippen LogP contribution < -0.4 is 0 Å². The maximum Gasteiger partial charge on any atom is 0.253 e. The van der Waals surface area contributed by atoms with Gasteiger partial charge in [0.25, 0.3) is 5.24 Å². The molecule has 0 aliphatic heterocycles. The van der Waals surface area contributed by atoms with Crippen molar-refractivity contribution in [3.8, 4) is 0 Å². The number of halogens is 2. The van der Waals surface area contributed by atoms with Gasteiger partial charge in [-0.2, -0.15) is 0 Å². The quantitative estimate of drug-likeness (QED) is 0.454. The largest absolute Gasteiger partial charge is 0.350 e. The van der Waals surface area contributed by atoms with Gasteiger partial charge in [-0.25, -0.2) is 0 Å². The second-order valence-electron chi connectivity index (χ2n) is 3.25. The molecule has 0 unspecified atom stereocenters. The van der Waals surface area contributed by atoms with E-state index < -0.39 is 10.8 Å². The van der Waals surface area contributed by atoms with Crippen LogP contribution in [0.2, 0.25) is 0 Å². The van der Waals surface area contributed by atoms with Crippen molar-refractivity contribution in [2.24, 2.45) is 0 Å². The van der Waals surface area contributed by atoms with Gasteiger partial charge in [0.2, 0.25) is 0 Å². The molecule has 0 aliphatic carbocycles. The minimum atomic E-state index is -0.897. The molecular weight excluding hydrogens is 278 g/mol. The molecule has 0 N–H and O–H groups in total. The van der Waals surface area contributed by atoms with E-state index in [0.717, 1.165) is 0 Å². The first-order valence-corrected chi connectivity index (χ1v) is 4.70. The minimum Gasteiger partial charge on any atom is -0.350 e. The molecule has 0 spiro atoms. The van der Waals surface area contributed by atoms with E-state index >= 15 is 0 Å². The summed E-state index contributed by atoms with van der Waals surface area (Å²) >= 11 is 7.41. The molecule has 0 radical (unpaired) electrons. The van der Waals surface area contributed by atoms with Gasteiger partial charge in [-0.1, -0.05) is 0 Å². The molecule has 11 heavy (non-hydrogen) atoms. The van der Waals surface area contributed by atoms with Gasteiger partial charge in [-0.15, -0.1) is 0 Å². The number of alkyl halides is 1. The number of ether oxygens (including phenoxy) is 1. The van der Waals surface area contributed by atoms with Gasteiger partial charge in [-0.05, 0) is 61.9 Å². The Morgan fingerprint density at radius 2 is 1.73 bits per heavy atom. The summed E-state index contributed by atoms with van der Waals surface area (Å²) < 4.78 is 5.02. The molecule has 0 aromatic carbocycles. The summed E-state index contributed by atoms with van der Waals surface area (Å²) in [5.74, 6) is 0. The van der Waals surface area contributed by atoms with E-state index in [9.17, 15) is 4.79 Å². The van der Waals surface area contributed by atoms with Crippen LogP contribution in [0.5, 0.6) is 0 Å². The molecule has 0 amide bonds. The van der Waals surface area contributed by atoms with Gasteiger partial charge in [0, 0.05) is 0 Å². The highest BCUT2D eigenvalue weighted by atomic mass is 127. The van der Waals surface area contributed by atoms with Crippen LogP contribution in [0.15, 0.2) is 0 Å². The monoisotopic (exact) mass is 290 g/mol. The van der Waals surface area contributed by atoms with E-state index in [2.05, 4.69) is 22.6 Å². The number of rotatable bonds is 3. The summed E-state index contributed by atoms with van der Waals surface area (Å²) in [7, 11) is 0. The van der Waals surface area contributed by atoms with Crippen molar-refractivity contribution >= 4 is 39.4 Å². The van der Waals surface area contributed by atoms with Crippen molar-refractivity contribution < 1.29 is 9.53 Å². The summed E-state index contributed by atoms with van der Waals surface area (Å²) in [6.07, 6.45) is 0. The molecule has 0 aromatic heterocycles. The molecule has 4 heteroatoms. The summed E-state index contributed by atoms with van der Waals surface area (Å²) in [4.78, 5) is 10.8. The summed E-state index contributed by atoms with van der Waals surface area (Å²) in [5, 5.41) is -0.470. The zero-order valence-corrected chi connectivity index (χ0v) is 9.99. The molecule has 66 valence electrons. The van der Waals surface area contributed by atoms with Crippen LogP contribution in [0.25, 0.3) is 0 Å². The Morgan fingerprint density at radius 1 is 1.36 bits per heavy atom. The second-order valence-corrected chi connectivity index (χ2v) is 6.19. The highest BCUT2D eigenvalue weighted by Crippen LogP contribution is 2.27. The topological polar surface area (TPSA) is 26.3 Å². The SMILES string of the molecule is CC(C)(I)OC(C)(C)C(=O)Cl. The standard InChI is InChI=1S/C7H12ClIO2/c1-6(2,5(8)10)11-7(3,4)9/h1-4H3. The lowest BCUT2D eigenvalue weighted by molar-refractivity contribution is -0.137. The molecule has 0 bridgehead atoms. The molecule has 0 saturated heterocycles. The predicted molar refractivity (Wildman–Crippen MR) is 54.1 cm³/mol. The molecule has 0 aromatic rings. The zero-order chi connectivity index (χ0) is 9.28. The fraction of sp³-hybridized carbons (Fsp3) is 0.857. The molecule has 2 nitrogen and oxygen atoms in total. The number of carbonyl (C=O) groups excluding carboxylic acids is 1. The Balaban J connectivity index is 4.25. The Morgan fingerprint density at radius 3 is 1.82 bits per heavy atom. The fourth-order valence-electron chi connectivity index (χ4n) is 0.647. The first kappa shape index (κ1) is 11.6. The third-order valence-corrected chi connectivity index (χ3v) is 1.65. The maximum absolute atomic E-state index is 10.8. The minimum absolute atomic E-state index is 0.369. The van der Waals surface area contributed by atoms with Crippen LogP contribution in [0.1, 0.15) is 27.7 Å². The van der Waals surface area contributed by atoms with Crippen LogP contribution in [-0.2, 0) is 9.53 Å².